The molecule has 1 saturated heterocycles. The molecule has 0 bridgehead atoms. The van der Waals surface area contributed by atoms with Crippen LogP contribution in [0.25, 0.3) is 11.0 Å². The quantitative estimate of drug-likeness (QED) is 0.769. The molecule has 4 rings (SSSR count). The van der Waals surface area contributed by atoms with Gasteiger partial charge in [0.15, 0.2) is 5.65 Å². The smallest absolute Gasteiger partial charge is 0.219 e. The van der Waals surface area contributed by atoms with Crippen LogP contribution in [0.3, 0.4) is 0 Å². The molecule has 136 valence electrons. The zero-order valence-corrected chi connectivity index (χ0v) is 15.4. The second-order valence-corrected chi connectivity index (χ2v) is 6.86. The van der Waals surface area contributed by atoms with Crippen LogP contribution in [0.2, 0.25) is 0 Å². The highest BCUT2D eigenvalue weighted by atomic mass is 16.5. The van der Waals surface area contributed by atoms with Crippen molar-refractivity contribution in [3.63, 3.8) is 0 Å². The minimum Gasteiger partial charge on any atom is -0.477 e. The average molecular weight is 353 g/mol. The first-order chi connectivity index (χ1) is 12.6. The lowest BCUT2D eigenvalue weighted by atomic mass is 9.97. The van der Waals surface area contributed by atoms with E-state index < -0.39 is 0 Å². The molecule has 1 N–H and O–H groups in total. The van der Waals surface area contributed by atoms with Gasteiger partial charge >= 0.3 is 0 Å². The summed E-state index contributed by atoms with van der Waals surface area (Å²) >= 11 is 0. The standard InChI is InChI=1S/C18H23N7O/c1-11-12(2)22-13(3)23-18(11)26-9-14-4-6-25(7-5-14)17-15-8-21-24-16(15)19-10-20-17/h8,10,14H,4-7,9H2,1-3H3,(H,19,20,21,24). The number of hydrogen-bond donors (Lipinski definition) is 1. The largest absolute Gasteiger partial charge is 0.477 e. The zero-order valence-electron chi connectivity index (χ0n) is 15.4. The van der Waals surface area contributed by atoms with Crippen molar-refractivity contribution in [3.05, 3.63) is 29.6 Å². The Morgan fingerprint density at radius 3 is 2.77 bits per heavy atom. The molecule has 26 heavy (non-hydrogen) atoms. The summed E-state index contributed by atoms with van der Waals surface area (Å²) in [5, 5.41) is 7.95. The number of nitrogens with one attached hydrogen (secondary N) is 1. The molecule has 0 amide bonds. The summed E-state index contributed by atoms with van der Waals surface area (Å²) in [5.41, 5.74) is 2.79. The summed E-state index contributed by atoms with van der Waals surface area (Å²) in [7, 11) is 0. The highest BCUT2D eigenvalue weighted by Gasteiger charge is 2.23. The van der Waals surface area contributed by atoms with Crippen molar-refractivity contribution in [3.8, 4) is 5.88 Å². The summed E-state index contributed by atoms with van der Waals surface area (Å²) in [5.74, 6) is 2.95. The summed E-state index contributed by atoms with van der Waals surface area (Å²) < 4.78 is 6.03. The summed E-state index contributed by atoms with van der Waals surface area (Å²) in [6.45, 7) is 8.50. The Morgan fingerprint density at radius 1 is 1.15 bits per heavy atom. The molecule has 0 radical (unpaired) electrons. The molecule has 1 aliphatic rings. The van der Waals surface area contributed by atoms with E-state index in [0.29, 0.717) is 18.4 Å². The van der Waals surface area contributed by atoms with Crippen molar-refractivity contribution < 1.29 is 4.74 Å². The molecular formula is C18H23N7O. The Kier molecular flexibility index (Phi) is 4.40. The Hall–Kier alpha value is -2.77. The summed E-state index contributed by atoms with van der Waals surface area (Å²) in [6, 6.07) is 0. The van der Waals surface area contributed by atoms with Crippen LogP contribution in [0.1, 0.15) is 29.9 Å². The van der Waals surface area contributed by atoms with Gasteiger partial charge in [-0.15, -0.1) is 0 Å². The number of rotatable bonds is 4. The minimum atomic E-state index is 0.517. The summed E-state index contributed by atoms with van der Waals surface area (Å²) in [4.78, 5) is 19.8. The Labute approximate surface area is 152 Å². The van der Waals surface area contributed by atoms with E-state index in [1.807, 2.05) is 20.8 Å². The number of fused-ring (bicyclic) bond motifs is 1. The van der Waals surface area contributed by atoms with Gasteiger partial charge in [0.05, 0.1) is 18.2 Å². The number of aromatic nitrogens is 6. The number of piperidine rings is 1. The topological polar surface area (TPSA) is 92.7 Å². The number of aromatic amines is 1. The second kappa shape index (κ2) is 6.86. The van der Waals surface area contributed by atoms with Gasteiger partial charge in [-0.2, -0.15) is 10.1 Å². The number of aryl methyl sites for hydroxylation is 2. The van der Waals surface area contributed by atoms with E-state index in [-0.39, 0.29) is 0 Å². The van der Waals surface area contributed by atoms with Gasteiger partial charge in [0.25, 0.3) is 0 Å². The normalized spacial score (nSPS) is 15.6. The van der Waals surface area contributed by atoms with Gasteiger partial charge in [-0.05, 0) is 39.5 Å². The fourth-order valence-electron chi connectivity index (χ4n) is 3.39. The first-order valence-corrected chi connectivity index (χ1v) is 8.95. The lowest BCUT2D eigenvalue weighted by molar-refractivity contribution is 0.214. The molecular weight excluding hydrogens is 330 g/mol. The number of H-pyrrole nitrogens is 1. The fourth-order valence-corrected chi connectivity index (χ4v) is 3.39. The molecule has 0 saturated carbocycles. The Morgan fingerprint density at radius 2 is 1.96 bits per heavy atom. The monoisotopic (exact) mass is 353 g/mol. The van der Waals surface area contributed by atoms with Gasteiger partial charge in [0, 0.05) is 24.3 Å². The van der Waals surface area contributed by atoms with Crippen LogP contribution < -0.4 is 9.64 Å². The van der Waals surface area contributed by atoms with Gasteiger partial charge in [-0.3, -0.25) is 5.10 Å². The SMILES string of the molecule is Cc1nc(C)c(C)c(OCC2CCN(c3ncnc4[nH]ncc34)CC2)n1. The highest BCUT2D eigenvalue weighted by molar-refractivity contribution is 5.86. The van der Waals surface area contributed by atoms with Gasteiger partial charge < -0.3 is 9.64 Å². The van der Waals surface area contributed by atoms with Crippen LogP contribution in [-0.2, 0) is 0 Å². The average Bonchev–Trinajstić information content (AvgIpc) is 3.13. The number of anilines is 1. The van der Waals surface area contributed by atoms with Crippen LogP contribution in [0.15, 0.2) is 12.5 Å². The third kappa shape index (κ3) is 3.18. The van der Waals surface area contributed by atoms with E-state index in [4.69, 9.17) is 4.74 Å². The van der Waals surface area contributed by atoms with Crippen molar-refractivity contribution in [2.75, 3.05) is 24.6 Å². The van der Waals surface area contributed by atoms with Crippen LogP contribution in [0.5, 0.6) is 5.88 Å². The third-order valence-corrected chi connectivity index (χ3v) is 5.05. The molecule has 0 aliphatic carbocycles. The van der Waals surface area contributed by atoms with Crippen LogP contribution >= 0.6 is 0 Å². The molecule has 1 fully saturated rings. The second-order valence-electron chi connectivity index (χ2n) is 6.86. The Bertz CT molecular complexity index is 915. The van der Waals surface area contributed by atoms with Crippen molar-refractivity contribution >= 4 is 16.9 Å². The van der Waals surface area contributed by atoms with Gasteiger partial charge in [0.1, 0.15) is 18.0 Å². The van der Waals surface area contributed by atoms with E-state index in [9.17, 15) is 0 Å². The predicted molar refractivity (Wildman–Crippen MR) is 98.4 cm³/mol. The fraction of sp³-hybridized carbons (Fsp3) is 0.500. The molecule has 8 heteroatoms. The molecule has 1 aliphatic heterocycles. The molecule has 8 nitrogen and oxygen atoms in total. The van der Waals surface area contributed by atoms with E-state index >= 15 is 0 Å². The molecule has 3 aromatic rings. The van der Waals surface area contributed by atoms with E-state index in [2.05, 4.69) is 35.0 Å². The van der Waals surface area contributed by atoms with Crippen LogP contribution in [-0.4, -0.2) is 49.8 Å². The molecule has 0 spiro atoms. The number of nitrogens with zero attached hydrogens (tertiary/aromatic N) is 6. The number of ether oxygens (including phenoxy) is 1. The third-order valence-electron chi connectivity index (χ3n) is 5.05. The number of hydrogen-bond acceptors (Lipinski definition) is 7. The zero-order chi connectivity index (χ0) is 18.1. The first-order valence-electron chi connectivity index (χ1n) is 8.95. The minimum absolute atomic E-state index is 0.517. The van der Waals surface area contributed by atoms with Crippen LogP contribution in [0, 0.1) is 26.7 Å². The lowest BCUT2D eigenvalue weighted by Crippen LogP contribution is -2.36. The maximum Gasteiger partial charge on any atom is 0.219 e. The molecule has 0 atom stereocenters. The van der Waals surface area contributed by atoms with Crippen molar-refractivity contribution in [2.24, 2.45) is 5.92 Å². The van der Waals surface area contributed by atoms with Crippen molar-refractivity contribution in [1.29, 1.82) is 0 Å². The summed E-state index contributed by atoms with van der Waals surface area (Å²) in [6.07, 6.45) is 5.51. The van der Waals surface area contributed by atoms with E-state index in [1.165, 1.54) is 0 Å². The maximum absolute atomic E-state index is 6.03. The van der Waals surface area contributed by atoms with Gasteiger partial charge in [-0.25, -0.2) is 15.0 Å². The van der Waals surface area contributed by atoms with Gasteiger partial charge in [0.2, 0.25) is 5.88 Å². The predicted octanol–water partition coefficient (Wildman–Crippen LogP) is 2.36. The van der Waals surface area contributed by atoms with E-state index in [1.54, 1.807) is 12.5 Å². The van der Waals surface area contributed by atoms with Crippen molar-refractivity contribution in [1.82, 2.24) is 30.1 Å². The molecule has 0 aromatic carbocycles. The Balaban J connectivity index is 1.38. The maximum atomic E-state index is 6.03. The highest BCUT2D eigenvalue weighted by Crippen LogP contribution is 2.27. The van der Waals surface area contributed by atoms with Crippen LogP contribution in [0.4, 0.5) is 5.82 Å². The molecule has 0 unspecified atom stereocenters. The first kappa shape index (κ1) is 16.7. The van der Waals surface area contributed by atoms with Crippen molar-refractivity contribution in [2.45, 2.75) is 33.6 Å². The lowest BCUT2D eigenvalue weighted by Gasteiger charge is -2.32. The molecule has 4 heterocycles. The van der Waals surface area contributed by atoms with E-state index in [0.717, 1.165) is 59.9 Å². The van der Waals surface area contributed by atoms with Gasteiger partial charge in [-0.1, -0.05) is 0 Å². The molecule has 3 aromatic heterocycles.